The van der Waals surface area contributed by atoms with E-state index in [4.69, 9.17) is 5.73 Å². The van der Waals surface area contributed by atoms with Crippen molar-refractivity contribution in [1.82, 2.24) is 0 Å². The third-order valence-corrected chi connectivity index (χ3v) is 3.34. The fourth-order valence-corrected chi connectivity index (χ4v) is 2.19. The van der Waals surface area contributed by atoms with Crippen LogP contribution in [0.15, 0.2) is 23.2 Å². The van der Waals surface area contributed by atoms with E-state index in [9.17, 15) is 8.78 Å². The first-order valence-electron chi connectivity index (χ1n) is 6.02. The highest BCUT2D eigenvalue weighted by molar-refractivity contribution is 5.83. The maximum Gasteiger partial charge on any atom is 0.128 e. The number of halogens is 2. The van der Waals surface area contributed by atoms with Gasteiger partial charge in [0.2, 0.25) is 0 Å². The average Bonchev–Trinajstić information content (AvgIpc) is 2.39. The summed E-state index contributed by atoms with van der Waals surface area (Å²) < 4.78 is 26.4. The Balaban J connectivity index is 2.30. The molecule has 0 radical (unpaired) electrons. The van der Waals surface area contributed by atoms with Gasteiger partial charge in [0.15, 0.2) is 0 Å². The molecule has 18 heavy (non-hydrogen) atoms. The molecular formula is C13H17F2N3. The molecule has 0 aromatic heterocycles. The number of anilines is 1. The molecule has 1 heterocycles. The van der Waals surface area contributed by atoms with Gasteiger partial charge in [0.1, 0.15) is 11.7 Å². The Kier molecular flexibility index (Phi) is 3.79. The predicted octanol–water partition coefficient (Wildman–Crippen LogP) is 2.65. The number of nitrogens with zero attached hydrogens (tertiary/aromatic N) is 1. The van der Waals surface area contributed by atoms with Gasteiger partial charge in [0.05, 0.1) is 12.7 Å². The van der Waals surface area contributed by atoms with E-state index >= 15 is 0 Å². The molecule has 0 saturated heterocycles. The molecule has 0 spiro atoms. The number of alkyl halides is 1. The van der Waals surface area contributed by atoms with E-state index < -0.39 is 6.67 Å². The molecule has 2 atom stereocenters. The molecule has 2 rings (SSSR count). The van der Waals surface area contributed by atoms with Crippen LogP contribution in [0.2, 0.25) is 0 Å². The van der Waals surface area contributed by atoms with Crippen LogP contribution in [0.25, 0.3) is 0 Å². The van der Waals surface area contributed by atoms with Gasteiger partial charge >= 0.3 is 0 Å². The van der Waals surface area contributed by atoms with Gasteiger partial charge < -0.3 is 11.1 Å². The highest BCUT2D eigenvalue weighted by atomic mass is 19.1. The zero-order chi connectivity index (χ0) is 13.1. The molecule has 1 aliphatic rings. The van der Waals surface area contributed by atoms with Crippen LogP contribution in [-0.4, -0.2) is 19.6 Å². The quantitative estimate of drug-likeness (QED) is 0.870. The SMILES string of the molecule is CNc1ccc(F)c(C2CCC(CF)C(N)=N2)c1. The van der Waals surface area contributed by atoms with Gasteiger partial charge in [0.25, 0.3) is 0 Å². The van der Waals surface area contributed by atoms with Gasteiger partial charge in [-0.3, -0.25) is 9.38 Å². The van der Waals surface area contributed by atoms with E-state index in [2.05, 4.69) is 10.3 Å². The van der Waals surface area contributed by atoms with E-state index in [1.807, 2.05) is 0 Å². The second-order valence-electron chi connectivity index (χ2n) is 4.48. The van der Waals surface area contributed by atoms with Crippen molar-refractivity contribution >= 4 is 11.5 Å². The molecule has 5 heteroatoms. The summed E-state index contributed by atoms with van der Waals surface area (Å²) in [6.45, 7) is -0.499. The second-order valence-corrected chi connectivity index (χ2v) is 4.48. The summed E-state index contributed by atoms with van der Waals surface area (Å²) in [5, 5.41) is 2.96. The summed E-state index contributed by atoms with van der Waals surface area (Å²) in [4.78, 5) is 4.23. The van der Waals surface area contributed by atoms with Crippen LogP contribution in [0.5, 0.6) is 0 Å². The van der Waals surface area contributed by atoms with Crippen LogP contribution in [0.1, 0.15) is 24.4 Å². The normalized spacial score (nSPS) is 23.6. The Bertz CT molecular complexity index is 460. The second kappa shape index (κ2) is 5.33. The first-order valence-corrected chi connectivity index (χ1v) is 6.02. The van der Waals surface area contributed by atoms with Crippen LogP contribution in [0, 0.1) is 11.7 Å². The third-order valence-electron chi connectivity index (χ3n) is 3.34. The molecule has 1 aliphatic heterocycles. The first-order chi connectivity index (χ1) is 8.65. The van der Waals surface area contributed by atoms with Crippen molar-refractivity contribution in [2.24, 2.45) is 16.6 Å². The topological polar surface area (TPSA) is 50.4 Å². The lowest BCUT2D eigenvalue weighted by molar-refractivity contribution is 0.376. The monoisotopic (exact) mass is 253 g/mol. The number of rotatable bonds is 3. The molecule has 3 N–H and O–H groups in total. The van der Waals surface area contributed by atoms with Crippen LogP contribution >= 0.6 is 0 Å². The Morgan fingerprint density at radius 1 is 1.44 bits per heavy atom. The van der Waals surface area contributed by atoms with Gasteiger partial charge in [-0.05, 0) is 31.0 Å². The maximum atomic E-state index is 13.8. The highest BCUT2D eigenvalue weighted by Crippen LogP contribution is 2.32. The molecular weight excluding hydrogens is 236 g/mol. The van der Waals surface area contributed by atoms with Crippen molar-refractivity contribution in [1.29, 1.82) is 0 Å². The standard InChI is InChI=1S/C13H17F2N3/c1-17-9-3-4-11(15)10(6-9)12-5-2-8(7-14)13(16)18-12/h3-4,6,8,12,17H,2,5,7H2,1H3,(H2,16,18). The Labute approximate surface area is 105 Å². The lowest BCUT2D eigenvalue weighted by Crippen LogP contribution is -2.30. The number of nitrogens with two attached hydrogens (primary N) is 1. The van der Waals surface area contributed by atoms with Gasteiger partial charge in [-0.15, -0.1) is 0 Å². The van der Waals surface area contributed by atoms with Crippen LogP contribution in [0.3, 0.4) is 0 Å². The molecule has 0 fully saturated rings. The molecule has 0 amide bonds. The van der Waals surface area contributed by atoms with E-state index in [-0.39, 0.29) is 17.8 Å². The number of hydrogen-bond acceptors (Lipinski definition) is 3. The molecule has 2 unspecified atom stereocenters. The summed E-state index contributed by atoms with van der Waals surface area (Å²) in [7, 11) is 1.77. The van der Waals surface area contributed by atoms with Crippen molar-refractivity contribution in [3.05, 3.63) is 29.6 Å². The smallest absolute Gasteiger partial charge is 0.128 e. The van der Waals surface area contributed by atoms with Gasteiger partial charge in [-0.2, -0.15) is 0 Å². The molecule has 98 valence electrons. The summed E-state index contributed by atoms with van der Waals surface area (Å²) in [5.41, 5.74) is 7.05. The number of hydrogen-bond donors (Lipinski definition) is 2. The van der Waals surface area contributed by atoms with Crippen LogP contribution in [-0.2, 0) is 0 Å². The molecule has 1 aromatic carbocycles. The summed E-state index contributed by atoms with van der Waals surface area (Å²) in [5.74, 6) is -0.311. The van der Waals surface area contributed by atoms with E-state index in [0.717, 1.165) is 5.69 Å². The number of amidine groups is 1. The molecule has 0 aliphatic carbocycles. The van der Waals surface area contributed by atoms with Crippen LogP contribution < -0.4 is 11.1 Å². The van der Waals surface area contributed by atoms with E-state index in [1.165, 1.54) is 6.07 Å². The minimum atomic E-state index is -0.499. The van der Waals surface area contributed by atoms with Crippen molar-refractivity contribution in [2.45, 2.75) is 18.9 Å². The number of aliphatic imine (C=N–C) groups is 1. The fraction of sp³-hybridized carbons (Fsp3) is 0.462. The summed E-state index contributed by atoms with van der Waals surface area (Å²) in [6.07, 6.45) is 1.24. The van der Waals surface area contributed by atoms with Crippen molar-refractivity contribution in [2.75, 3.05) is 19.0 Å². The predicted molar refractivity (Wildman–Crippen MR) is 69.0 cm³/mol. The zero-order valence-corrected chi connectivity index (χ0v) is 10.3. The lowest BCUT2D eigenvalue weighted by atomic mass is 9.92. The van der Waals surface area contributed by atoms with E-state index in [0.29, 0.717) is 24.2 Å². The fourth-order valence-electron chi connectivity index (χ4n) is 2.19. The number of nitrogens with one attached hydrogen (secondary N) is 1. The van der Waals surface area contributed by atoms with Gasteiger partial charge in [-0.25, -0.2) is 4.39 Å². The molecule has 3 nitrogen and oxygen atoms in total. The highest BCUT2D eigenvalue weighted by Gasteiger charge is 2.25. The molecule has 1 aromatic rings. The third kappa shape index (κ3) is 2.44. The van der Waals surface area contributed by atoms with Crippen molar-refractivity contribution in [3.63, 3.8) is 0 Å². The molecule has 0 bridgehead atoms. The number of benzene rings is 1. The Hall–Kier alpha value is -1.65. The van der Waals surface area contributed by atoms with E-state index in [1.54, 1.807) is 19.2 Å². The zero-order valence-electron chi connectivity index (χ0n) is 10.3. The Morgan fingerprint density at radius 2 is 2.22 bits per heavy atom. The molecule has 0 saturated carbocycles. The average molecular weight is 253 g/mol. The first kappa shape index (κ1) is 12.8. The Morgan fingerprint density at radius 3 is 2.83 bits per heavy atom. The minimum Gasteiger partial charge on any atom is -0.388 e. The maximum absolute atomic E-state index is 13.8. The van der Waals surface area contributed by atoms with Crippen molar-refractivity contribution < 1.29 is 8.78 Å². The summed E-state index contributed by atoms with van der Waals surface area (Å²) in [6, 6.07) is 4.50. The summed E-state index contributed by atoms with van der Waals surface area (Å²) >= 11 is 0. The van der Waals surface area contributed by atoms with Crippen molar-refractivity contribution in [3.8, 4) is 0 Å². The largest absolute Gasteiger partial charge is 0.388 e. The minimum absolute atomic E-state index is 0.294. The lowest BCUT2D eigenvalue weighted by Gasteiger charge is -2.24. The van der Waals surface area contributed by atoms with Gasteiger partial charge in [-0.1, -0.05) is 0 Å². The van der Waals surface area contributed by atoms with Crippen LogP contribution in [0.4, 0.5) is 14.5 Å². The van der Waals surface area contributed by atoms with Gasteiger partial charge in [0, 0.05) is 24.2 Å².